The van der Waals surface area contributed by atoms with Gasteiger partial charge in [-0.25, -0.2) is 8.78 Å². The summed E-state index contributed by atoms with van der Waals surface area (Å²) in [6.45, 7) is 5.29. The van der Waals surface area contributed by atoms with E-state index in [0.29, 0.717) is 31.1 Å². The van der Waals surface area contributed by atoms with E-state index in [1.807, 2.05) is 0 Å². The first kappa shape index (κ1) is 29.2. The molecule has 2 aromatic carbocycles. The SMILES string of the molecule is CCCCCCc1ccc(C2OCC(c3ccc(C4CCC(CCCCCC)CC4)cc3)CO2)c(F)c1F. The van der Waals surface area contributed by atoms with E-state index in [4.69, 9.17) is 9.47 Å². The molecular weight excluding hydrogens is 478 g/mol. The number of unbranched alkanes of at least 4 members (excludes halogenated alkanes) is 6. The highest BCUT2D eigenvalue weighted by Crippen LogP contribution is 2.39. The van der Waals surface area contributed by atoms with Gasteiger partial charge in [0.25, 0.3) is 0 Å². The molecule has 0 spiro atoms. The van der Waals surface area contributed by atoms with E-state index in [1.54, 1.807) is 12.1 Å². The molecule has 38 heavy (non-hydrogen) atoms. The predicted molar refractivity (Wildman–Crippen MR) is 151 cm³/mol. The number of aryl methyl sites for hydroxylation is 1. The zero-order chi connectivity index (χ0) is 26.7. The molecule has 1 aliphatic heterocycles. The van der Waals surface area contributed by atoms with E-state index in [9.17, 15) is 8.78 Å². The summed E-state index contributed by atoms with van der Waals surface area (Å²) in [6, 6.07) is 12.3. The Labute approximate surface area is 229 Å². The number of hydrogen-bond donors (Lipinski definition) is 0. The van der Waals surface area contributed by atoms with Crippen molar-refractivity contribution in [3.63, 3.8) is 0 Å². The van der Waals surface area contributed by atoms with Gasteiger partial charge in [0.15, 0.2) is 17.9 Å². The number of halogens is 2. The summed E-state index contributed by atoms with van der Waals surface area (Å²) in [5, 5.41) is 0. The van der Waals surface area contributed by atoms with Crippen molar-refractivity contribution < 1.29 is 18.3 Å². The van der Waals surface area contributed by atoms with Crippen molar-refractivity contribution in [2.24, 2.45) is 5.92 Å². The zero-order valence-electron chi connectivity index (χ0n) is 23.7. The van der Waals surface area contributed by atoms with Crippen LogP contribution in [0.2, 0.25) is 0 Å². The van der Waals surface area contributed by atoms with E-state index in [1.165, 1.54) is 68.9 Å². The number of rotatable bonds is 13. The lowest BCUT2D eigenvalue weighted by atomic mass is 9.77. The molecule has 1 aliphatic carbocycles. The molecule has 0 aromatic heterocycles. The van der Waals surface area contributed by atoms with Gasteiger partial charge in [0, 0.05) is 11.5 Å². The smallest absolute Gasteiger partial charge is 0.186 e. The molecule has 0 amide bonds. The fourth-order valence-corrected chi connectivity index (χ4v) is 6.28. The van der Waals surface area contributed by atoms with Gasteiger partial charge in [-0.15, -0.1) is 0 Å². The van der Waals surface area contributed by atoms with Crippen LogP contribution in [-0.2, 0) is 15.9 Å². The van der Waals surface area contributed by atoms with Crippen molar-refractivity contribution in [3.8, 4) is 0 Å². The van der Waals surface area contributed by atoms with E-state index < -0.39 is 17.9 Å². The van der Waals surface area contributed by atoms with E-state index >= 15 is 0 Å². The molecule has 1 saturated heterocycles. The Balaban J connectivity index is 1.24. The van der Waals surface area contributed by atoms with Gasteiger partial charge in [0.2, 0.25) is 0 Å². The molecule has 2 aromatic rings. The first-order valence-corrected chi connectivity index (χ1v) is 15.4. The summed E-state index contributed by atoms with van der Waals surface area (Å²) < 4.78 is 41.3. The normalized spacial score (nSPS) is 24.0. The summed E-state index contributed by atoms with van der Waals surface area (Å²) in [7, 11) is 0. The van der Waals surface area contributed by atoms with Gasteiger partial charge in [-0.05, 0) is 67.1 Å². The summed E-state index contributed by atoms with van der Waals surface area (Å²) in [5.41, 5.74) is 3.23. The van der Waals surface area contributed by atoms with Crippen LogP contribution >= 0.6 is 0 Å². The van der Waals surface area contributed by atoms with Gasteiger partial charge in [0.1, 0.15) is 0 Å². The van der Waals surface area contributed by atoms with Gasteiger partial charge in [-0.1, -0.05) is 102 Å². The maximum atomic E-state index is 14.8. The minimum Gasteiger partial charge on any atom is -0.348 e. The largest absolute Gasteiger partial charge is 0.348 e. The molecule has 4 heteroatoms. The number of hydrogen-bond acceptors (Lipinski definition) is 2. The molecule has 0 bridgehead atoms. The lowest BCUT2D eigenvalue weighted by Crippen LogP contribution is -2.26. The molecule has 1 heterocycles. The zero-order valence-corrected chi connectivity index (χ0v) is 23.7. The molecule has 4 rings (SSSR count). The van der Waals surface area contributed by atoms with Crippen molar-refractivity contribution >= 4 is 0 Å². The fraction of sp³-hybridized carbons (Fsp3) is 0.647. The summed E-state index contributed by atoms with van der Waals surface area (Å²) >= 11 is 0. The second-order valence-corrected chi connectivity index (χ2v) is 11.7. The van der Waals surface area contributed by atoms with Gasteiger partial charge < -0.3 is 9.47 Å². The van der Waals surface area contributed by atoms with Crippen LogP contribution in [0.15, 0.2) is 36.4 Å². The van der Waals surface area contributed by atoms with Crippen LogP contribution in [-0.4, -0.2) is 13.2 Å². The van der Waals surface area contributed by atoms with E-state index in [0.717, 1.165) is 31.6 Å². The molecule has 2 nitrogen and oxygen atoms in total. The second-order valence-electron chi connectivity index (χ2n) is 11.7. The van der Waals surface area contributed by atoms with Crippen LogP contribution in [0, 0.1) is 17.6 Å². The molecule has 2 fully saturated rings. The van der Waals surface area contributed by atoms with Crippen LogP contribution in [0.3, 0.4) is 0 Å². The molecule has 210 valence electrons. The third-order valence-corrected chi connectivity index (χ3v) is 8.84. The minimum atomic E-state index is -0.855. The van der Waals surface area contributed by atoms with Crippen molar-refractivity contribution in [1.82, 2.24) is 0 Å². The van der Waals surface area contributed by atoms with Gasteiger partial charge >= 0.3 is 0 Å². The average Bonchev–Trinajstić information content (AvgIpc) is 2.96. The van der Waals surface area contributed by atoms with Crippen LogP contribution < -0.4 is 0 Å². The van der Waals surface area contributed by atoms with Crippen molar-refractivity contribution in [1.29, 1.82) is 0 Å². The average molecular weight is 527 g/mol. The highest BCUT2D eigenvalue weighted by atomic mass is 19.2. The van der Waals surface area contributed by atoms with Crippen molar-refractivity contribution in [2.45, 2.75) is 122 Å². The Bertz CT molecular complexity index is 957. The molecule has 0 atom stereocenters. The first-order chi connectivity index (χ1) is 18.6. The van der Waals surface area contributed by atoms with Crippen molar-refractivity contribution in [2.75, 3.05) is 13.2 Å². The Morgan fingerprint density at radius 1 is 0.658 bits per heavy atom. The number of ether oxygens (including phenoxy) is 2. The van der Waals surface area contributed by atoms with Gasteiger partial charge in [-0.3, -0.25) is 0 Å². The molecule has 2 aliphatic rings. The van der Waals surface area contributed by atoms with Crippen LogP contribution in [0.5, 0.6) is 0 Å². The standard InChI is InChI=1S/C34H48F2O2/c1-3-5-7-9-11-25-13-15-26(16-14-25)27-17-19-28(20-18-27)30-23-37-34(38-24-30)31-22-21-29(32(35)33(31)36)12-10-8-6-4-2/h17-22,25-26,30,34H,3-16,23-24H2,1-2H3. The summed E-state index contributed by atoms with van der Waals surface area (Å²) in [6.07, 6.45) is 16.1. The Morgan fingerprint density at radius 2 is 1.26 bits per heavy atom. The molecule has 0 N–H and O–H groups in total. The van der Waals surface area contributed by atoms with E-state index in [2.05, 4.69) is 38.1 Å². The lowest BCUT2D eigenvalue weighted by Gasteiger charge is -2.31. The highest BCUT2D eigenvalue weighted by Gasteiger charge is 2.29. The maximum Gasteiger partial charge on any atom is 0.186 e. The quantitative estimate of drug-likeness (QED) is 0.242. The maximum absolute atomic E-state index is 14.8. The highest BCUT2D eigenvalue weighted by molar-refractivity contribution is 5.30. The predicted octanol–water partition coefficient (Wildman–Crippen LogP) is 10.2. The monoisotopic (exact) mass is 526 g/mol. The molecular formula is C34H48F2O2. The molecule has 0 unspecified atom stereocenters. The minimum absolute atomic E-state index is 0.102. The topological polar surface area (TPSA) is 18.5 Å². The van der Waals surface area contributed by atoms with Gasteiger partial charge in [0.05, 0.1) is 13.2 Å². The van der Waals surface area contributed by atoms with Crippen LogP contribution in [0.25, 0.3) is 0 Å². The second kappa shape index (κ2) is 15.1. The third-order valence-electron chi connectivity index (χ3n) is 8.84. The Kier molecular flexibility index (Phi) is 11.6. The summed E-state index contributed by atoms with van der Waals surface area (Å²) in [4.78, 5) is 0. The summed E-state index contributed by atoms with van der Waals surface area (Å²) in [5.74, 6) is 0.111. The van der Waals surface area contributed by atoms with Crippen molar-refractivity contribution in [3.05, 3.63) is 70.3 Å². The fourth-order valence-electron chi connectivity index (χ4n) is 6.28. The van der Waals surface area contributed by atoms with Gasteiger partial charge in [-0.2, -0.15) is 0 Å². The lowest BCUT2D eigenvalue weighted by molar-refractivity contribution is -0.193. The molecule has 0 radical (unpaired) electrons. The molecule has 1 saturated carbocycles. The third kappa shape index (κ3) is 7.88. The Morgan fingerprint density at radius 3 is 1.89 bits per heavy atom. The number of benzene rings is 2. The van der Waals surface area contributed by atoms with Crippen LogP contribution in [0.1, 0.15) is 138 Å². The Hall–Kier alpha value is -1.78. The first-order valence-electron chi connectivity index (χ1n) is 15.4. The van der Waals surface area contributed by atoms with E-state index in [-0.39, 0.29) is 11.5 Å². The van der Waals surface area contributed by atoms with Crippen LogP contribution in [0.4, 0.5) is 8.78 Å².